The predicted molar refractivity (Wildman–Crippen MR) is 254 cm³/mol. The van der Waals surface area contributed by atoms with Crippen LogP contribution < -0.4 is 15.3 Å². The molecule has 57 heavy (non-hydrogen) atoms. The van der Waals surface area contributed by atoms with Crippen LogP contribution in [0.3, 0.4) is 0 Å². The highest BCUT2D eigenvalue weighted by molar-refractivity contribution is 7.26. The highest BCUT2D eigenvalue weighted by Gasteiger charge is 2.50. The number of nitrogens with zero attached hydrogens (tertiary/aromatic N) is 1. The van der Waals surface area contributed by atoms with E-state index in [0.717, 1.165) is 0 Å². The fourth-order valence-corrected chi connectivity index (χ4v) is 13.6. The summed E-state index contributed by atoms with van der Waals surface area (Å²) >= 11 is 1.91. The van der Waals surface area contributed by atoms with Crippen molar-refractivity contribution in [1.82, 2.24) is 0 Å². The SMILES string of the molecule is C[Si](C)(C)c1ccc(N(c2ccc([Si](C)(C)C)cc2)c2ccc3c4c(cccc24)C2(c4ccccc4-c4ccccc42)c2ccc4sc5ccccc5c4c2-3)cc1. The van der Waals surface area contributed by atoms with E-state index >= 15 is 0 Å². The Labute approximate surface area is 341 Å². The molecule has 11 rings (SSSR count). The molecule has 0 aliphatic heterocycles. The van der Waals surface area contributed by atoms with E-state index in [1.54, 1.807) is 0 Å². The van der Waals surface area contributed by atoms with Crippen LogP contribution >= 0.6 is 11.3 Å². The standard InChI is InChI=1S/C53H45NSSi2/c1-56(2,3)36-26-22-34(23-27-36)54(35-24-28-37(29-25-35)57(4,5)6)47-32-30-42-50-40(47)17-13-20-45(50)53(43-18-10-7-14-38(43)39-15-8-11-19-44(39)53)46-31-33-49-52(51(42)46)41-16-9-12-21-48(41)55-49/h7-33H,1-6H3. The Bertz CT molecular complexity index is 2980. The third-order valence-corrected chi connectivity index (χ3v) is 18.1. The average molecular weight is 784 g/mol. The van der Waals surface area contributed by atoms with Crippen molar-refractivity contribution in [2.45, 2.75) is 44.7 Å². The Morgan fingerprint density at radius 2 is 0.947 bits per heavy atom. The zero-order valence-corrected chi connectivity index (χ0v) is 36.3. The molecular formula is C53H45NSSi2. The highest BCUT2D eigenvalue weighted by Crippen LogP contribution is 2.64. The third-order valence-electron chi connectivity index (χ3n) is 12.8. The summed E-state index contributed by atoms with van der Waals surface area (Å²) < 4.78 is 2.68. The summed E-state index contributed by atoms with van der Waals surface area (Å²) in [6, 6.07) is 63.2. The van der Waals surface area contributed by atoms with Gasteiger partial charge in [-0.15, -0.1) is 11.3 Å². The van der Waals surface area contributed by atoms with Crippen LogP contribution in [0.5, 0.6) is 0 Å². The van der Waals surface area contributed by atoms with Crippen LogP contribution in [-0.4, -0.2) is 16.1 Å². The largest absolute Gasteiger partial charge is 0.310 e. The van der Waals surface area contributed by atoms with Crippen LogP contribution in [0, 0.1) is 0 Å². The van der Waals surface area contributed by atoms with Gasteiger partial charge in [0.15, 0.2) is 0 Å². The molecule has 1 aromatic heterocycles. The Balaban J connectivity index is 1.27. The molecule has 0 N–H and O–H groups in total. The minimum Gasteiger partial charge on any atom is -0.310 e. The number of benzene rings is 8. The minimum absolute atomic E-state index is 0.478. The summed E-state index contributed by atoms with van der Waals surface area (Å²) in [5, 5.41) is 8.28. The van der Waals surface area contributed by atoms with Crippen LogP contribution in [0.25, 0.3) is 53.2 Å². The molecule has 0 atom stereocenters. The Morgan fingerprint density at radius 1 is 0.404 bits per heavy atom. The number of hydrogen-bond acceptors (Lipinski definition) is 2. The molecule has 2 aliphatic rings. The molecule has 9 aromatic rings. The van der Waals surface area contributed by atoms with Crippen molar-refractivity contribution in [1.29, 1.82) is 0 Å². The molecule has 2 aliphatic carbocycles. The van der Waals surface area contributed by atoms with Crippen molar-refractivity contribution >= 4 is 85.9 Å². The zero-order valence-electron chi connectivity index (χ0n) is 33.4. The zero-order chi connectivity index (χ0) is 38.8. The van der Waals surface area contributed by atoms with Crippen LogP contribution in [0.4, 0.5) is 17.1 Å². The van der Waals surface area contributed by atoms with E-state index < -0.39 is 21.6 Å². The van der Waals surface area contributed by atoms with E-state index in [0.29, 0.717) is 0 Å². The van der Waals surface area contributed by atoms with Gasteiger partial charge >= 0.3 is 0 Å². The van der Waals surface area contributed by atoms with Crippen molar-refractivity contribution in [3.63, 3.8) is 0 Å². The third kappa shape index (κ3) is 4.91. The maximum Gasteiger partial charge on any atom is 0.0775 e. The van der Waals surface area contributed by atoms with E-state index in [2.05, 4.69) is 208 Å². The summed E-state index contributed by atoms with van der Waals surface area (Å²) in [7, 11) is -2.99. The smallest absolute Gasteiger partial charge is 0.0775 e. The summed E-state index contributed by atoms with van der Waals surface area (Å²) in [6.45, 7) is 14.6. The fraction of sp³-hybridized carbons (Fsp3) is 0.132. The van der Waals surface area contributed by atoms with Gasteiger partial charge in [0.25, 0.3) is 0 Å². The van der Waals surface area contributed by atoms with Gasteiger partial charge in [-0.25, -0.2) is 0 Å². The van der Waals surface area contributed by atoms with Gasteiger partial charge in [0.05, 0.1) is 27.3 Å². The first-order chi connectivity index (χ1) is 27.5. The Hall–Kier alpha value is -5.53. The molecule has 0 fully saturated rings. The molecule has 8 aromatic carbocycles. The van der Waals surface area contributed by atoms with Crippen LogP contribution in [0.15, 0.2) is 164 Å². The Morgan fingerprint density at radius 3 is 1.56 bits per heavy atom. The van der Waals surface area contributed by atoms with E-state index in [-0.39, 0.29) is 0 Å². The van der Waals surface area contributed by atoms with Crippen LogP contribution in [0.1, 0.15) is 22.3 Å². The molecule has 276 valence electrons. The lowest BCUT2D eigenvalue weighted by Crippen LogP contribution is -2.37. The molecular weight excluding hydrogens is 739 g/mol. The van der Waals surface area contributed by atoms with E-state index in [1.165, 1.54) is 103 Å². The van der Waals surface area contributed by atoms with Crippen molar-refractivity contribution in [3.05, 3.63) is 186 Å². The molecule has 0 saturated heterocycles. The molecule has 4 heteroatoms. The molecule has 1 spiro atoms. The van der Waals surface area contributed by atoms with Gasteiger partial charge in [0, 0.05) is 36.9 Å². The molecule has 0 amide bonds. The minimum atomic E-state index is -1.49. The maximum atomic E-state index is 2.52. The summed E-state index contributed by atoms with van der Waals surface area (Å²) in [5.41, 5.74) is 13.9. The first-order valence-corrected chi connectivity index (χ1v) is 28.1. The number of fused-ring (bicyclic) bond motifs is 13. The number of thiophene rings is 1. The molecule has 0 bridgehead atoms. The Kier molecular flexibility index (Phi) is 7.45. The second-order valence-corrected chi connectivity index (χ2v) is 29.3. The van der Waals surface area contributed by atoms with E-state index in [1.807, 2.05) is 11.3 Å². The quantitative estimate of drug-likeness (QED) is 0.157. The lowest BCUT2D eigenvalue weighted by Gasteiger charge is -2.41. The highest BCUT2D eigenvalue weighted by atomic mass is 32.1. The predicted octanol–water partition coefficient (Wildman–Crippen LogP) is 14.1. The second kappa shape index (κ2) is 12.2. The first kappa shape index (κ1) is 34.7. The van der Waals surface area contributed by atoms with E-state index in [9.17, 15) is 0 Å². The number of anilines is 3. The van der Waals surface area contributed by atoms with Gasteiger partial charge in [-0.2, -0.15) is 0 Å². The molecule has 0 unspecified atom stereocenters. The lowest BCUT2D eigenvalue weighted by molar-refractivity contribution is 0.775. The van der Waals surface area contributed by atoms with Crippen LogP contribution in [-0.2, 0) is 5.41 Å². The molecule has 0 radical (unpaired) electrons. The maximum absolute atomic E-state index is 2.52. The monoisotopic (exact) mass is 783 g/mol. The normalized spacial score (nSPS) is 13.9. The average Bonchev–Trinajstić information content (AvgIpc) is 3.74. The van der Waals surface area contributed by atoms with Crippen molar-refractivity contribution in [2.24, 2.45) is 0 Å². The van der Waals surface area contributed by atoms with Gasteiger partial charge in [-0.3, -0.25) is 0 Å². The summed E-state index contributed by atoms with van der Waals surface area (Å²) in [4.78, 5) is 2.52. The summed E-state index contributed by atoms with van der Waals surface area (Å²) in [6.07, 6.45) is 0. The molecule has 1 nitrogen and oxygen atoms in total. The second-order valence-electron chi connectivity index (χ2n) is 18.1. The van der Waals surface area contributed by atoms with Crippen molar-refractivity contribution < 1.29 is 0 Å². The topological polar surface area (TPSA) is 3.24 Å². The number of rotatable bonds is 5. The van der Waals surface area contributed by atoms with Gasteiger partial charge in [0.1, 0.15) is 0 Å². The number of hydrogen-bond donors (Lipinski definition) is 0. The van der Waals surface area contributed by atoms with Gasteiger partial charge in [0.2, 0.25) is 0 Å². The fourth-order valence-electron chi connectivity index (χ4n) is 10.1. The molecule has 0 saturated carbocycles. The van der Waals surface area contributed by atoms with Crippen molar-refractivity contribution in [3.8, 4) is 22.3 Å². The van der Waals surface area contributed by atoms with Crippen LogP contribution in [0.2, 0.25) is 39.3 Å². The van der Waals surface area contributed by atoms with Crippen molar-refractivity contribution in [2.75, 3.05) is 4.90 Å². The molecule has 1 heterocycles. The first-order valence-electron chi connectivity index (χ1n) is 20.3. The van der Waals surface area contributed by atoms with Gasteiger partial charge in [-0.05, 0) is 92.4 Å². The lowest BCUT2D eigenvalue weighted by atomic mass is 9.61. The van der Waals surface area contributed by atoms with Gasteiger partial charge < -0.3 is 4.90 Å². The summed E-state index contributed by atoms with van der Waals surface area (Å²) in [5.74, 6) is 0. The van der Waals surface area contributed by atoms with Gasteiger partial charge in [-0.1, -0.05) is 171 Å². The van der Waals surface area contributed by atoms with E-state index in [4.69, 9.17) is 0 Å².